The lowest BCUT2D eigenvalue weighted by molar-refractivity contribution is 0.0992. The van der Waals surface area contributed by atoms with Crippen molar-refractivity contribution in [3.63, 3.8) is 0 Å². The van der Waals surface area contributed by atoms with E-state index >= 15 is 0 Å². The summed E-state index contributed by atoms with van der Waals surface area (Å²) in [6.45, 7) is 5.36. The first-order valence-corrected chi connectivity index (χ1v) is 11.0. The van der Waals surface area contributed by atoms with E-state index in [1.807, 2.05) is 43.0 Å². The molecule has 0 aliphatic carbocycles. The van der Waals surface area contributed by atoms with Crippen molar-refractivity contribution in [1.29, 1.82) is 0 Å². The van der Waals surface area contributed by atoms with Gasteiger partial charge in [0.1, 0.15) is 17.4 Å². The molecule has 1 N–H and O–H groups in total. The maximum atomic E-state index is 13.7. The number of anilines is 1. The highest BCUT2D eigenvalue weighted by atomic mass is 19.1. The smallest absolute Gasteiger partial charge is 0.291 e. The van der Waals surface area contributed by atoms with Crippen LogP contribution < -0.4 is 5.32 Å². The summed E-state index contributed by atoms with van der Waals surface area (Å²) in [6, 6.07) is 21.8. The minimum Gasteiger partial charge on any atom is -0.455 e. The molecular formula is C28H26F2N2O2. The molecule has 0 aliphatic rings. The zero-order chi connectivity index (χ0) is 24.1. The average Bonchev–Trinajstić information content (AvgIpc) is 3.26. The fourth-order valence-corrected chi connectivity index (χ4v) is 3.73. The van der Waals surface area contributed by atoms with Gasteiger partial charge in [0, 0.05) is 18.8 Å². The van der Waals surface area contributed by atoms with E-state index in [9.17, 15) is 13.6 Å². The van der Waals surface area contributed by atoms with E-state index in [-0.39, 0.29) is 23.3 Å². The number of carbonyl (C=O) groups is 1. The zero-order valence-electron chi connectivity index (χ0n) is 19.1. The lowest BCUT2D eigenvalue weighted by atomic mass is 10.1. The van der Waals surface area contributed by atoms with Crippen LogP contribution in [0.4, 0.5) is 14.5 Å². The Balaban J connectivity index is 1.48. The molecule has 1 heterocycles. The number of furan rings is 1. The number of rotatable bonds is 8. The van der Waals surface area contributed by atoms with Crippen LogP contribution in [0.5, 0.6) is 0 Å². The number of hydrogen-bond acceptors (Lipinski definition) is 3. The summed E-state index contributed by atoms with van der Waals surface area (Å²) in [4.78, 5) is 14.7. The second-order valence-electron chi connectivity index (χ2n) is 8.42. The molecule has 0 saturated heterocycles. The summed E-state index contributed by atoms with van der Waals surface area (Å²) in [5.41, 5.74) is 4.66. The highest BCUT2D eigenvalue weighted by Crippen LogP contribution is 2.19. The van der Waals surface area contributed by atoms with Crippen molar-refractivity contribution in [2.24, 2.45) is 0 Å². The first-order valence-electron chi connectivity index (χ1n) is 11.0. The van der Waals surface area contributed by atoms with Crippen LogP contribution in [0.2, 0.25) is 0 Å². The minimum atomic E-state index is -0.329. The lowest BCUT2D eigenvalue weighted by Gasteiger charge is -2.21. The van der Waals surface area contributed by atoms with Gasteiger partial charge in [-0.2, -0.15) is 0 Å². The lowest BCUT2D eigenvalue weighted by Crippen LogP contribution is -2.22. The van der Waals surface area contributed by atoms with E-state index in [0.717, 1.165) is 22.3 Å². The maximum absolute atomic E-state index is 13.7. The summed E-state index contributed by atoms with van der Waals surface area (Å²) < 4.78 is 32.9. The monoisotopic (exact) mass is 460 g/mol. The molecule has 4 aromatic rings. The van der Waals surface area contributed by atoms with Crippen LogP contribution >= 0.6 is 0 Å². The van der Waals surface area contributed by atoms with Gasteiger partial charge in [0.25, 0.3) is 5.91 Å². The summed E-state index contributed by atoms with van der Waals surface area (Å²) in [6.07, 6.45) is 0. The van der Waals surface area contributed by atoms with Gasteiger partial charge < -0.3 is 9.73 Å². The van der Waals surface area contributed by atoms with Crippen molar-refractivity contribution in [1.82, 2.24) is 4.90 Å². The quantitative estimate of drug-likeness (QED) is 0.321. The van der Waals surface area contributed by atoms with Crippen LogP contribution in [0.1, 0.15) is 38.6 Å². The average molecular weight is 461 g/mol. The third-order valence-electron chi connectivity index (χ3n) is 5.64. The normalized spacial score (nSPS) is 11.1. The number of amides is 1. The van der Waals surface area contributed by atoms with Gasteiger partial charge in [-0.1, -0.05) is 30.3 Å². The first kappa shape index (κ1) is 23.4. The molecule has 1 amide bonds. The molecule has 4 nitrogen and oxygen atoms in total. The van der Waals surface area contributed by atoms with Gasteiger partial charge in [-0.05, 0) is 84.6 Å². The molecule has 0 fully saturated rings. The van der Waals surface area contributed by atoms with E-state index in [2.05, 4.69) is 5.32 Å². The van der Waals surface area contributed by atoms with Crippen molar-refractivity contribution in [3.8, 4) is 0 Å². The minimum absolute atomic E-state index is 0.209. The third kappa shape index (κ3) is 6.17. The van der Waals surface area contributed by atoms with Crippen LogP contribution in [0, 0.1) is 25.5 Å². The van der Waals surface area contributed by atoms with Gasteiger partial charge in [-0.3, -0.25) is 9.69 Å². The summed E-state index contributed by atoms with van der Waals surface area (Å²) in [5, 5.41) is 2.86. The van der Waals surface area contributed by atoms with Crippen LogP contribution in [-0.2, 0) is 19.6 Å². The number of benzene rings is 3. The molecule has 0 saturated carbocycles. The SMILES string of the molecule is Cc1ccc(NC(=O)c2ccc(CN(Cc3ccc(F)cc3)Cc3cccc(F)c3)o2)cc1C. The highest BCUT2D eigenvalue weighted by molar-refractivity contribution is 6.02. The third-order valence-corrected chi connectivity index (χ3v) is 5.64. The Labute approximate surface area is 197 Å². The van der Waals surface area contributed by atoms with Crippen LogP contribution in [0.15, 0.2) is 83.3 Å². The standard InChI is InChI=1S/C28H26F2N2O2/c1-19-6-11-25(14-20(19)2)31-28(33)27-13-12-26(34-27)18-32(16-21-7-9-23(29)10-8-21)17-22-4-3-5-24(30)15-22/h3-15H,16-18H2,1-2H3,(H,31,33). The molecule has 0 unspecified atom stereocenters. The Hall–Kier alpha value is -3.77. The van der Waals surface area contributed by atoms with Crippen molar-refractivity contribution in [2.75, 3.05) is 5.32 Å². The van der Waals surface area contributed by atoms with Crippen molar-refractivity contribution >= 4 is 11.6 Å². The van der Waals surface area contributed by atoms with Gasteiger partial charge in [0.2, 0.25) is 0 Å². The molecule has 3 aromatic carbocycles. The van der Waals surface area contributed by atoms with Crippen molar-refractivity contribution in [2.45, 2.75) is 33.5 Å². The molecule has 0 aliphatic heterocycles. The van der Waals surface area contributed by atoms with Crippen molar-refractivity contribution in [3.05, 3.63) is 124 Å². The summed E-state index contributed by atoms with van der Waals surface area (Å²) >= 11 is 0. The van der Waals surface area contributed by atoms with Gasteiger partial charge in [-0.15, -0.1) is 0 Å². The topological polar surface area (TPSA) is 45.5 Å². The number of halogens is 2. The number of nitrogens with one attached hydrogen (secondary N) is 1. The molecule has 1 aromatic heterocycles. The number of carbonyl (C=O) groups excluding carboxylic acids is 1. The van der Waals surface area contributed by atoms with E-state index in [0.29, 0.717) is 31.1 Å². The largest absolute Gasteiger partial charge is 0.455 e. The molecule has 34 heavy (non-hydrogen) atoms. The Morgan fingerprint density at radius 2 is 1.56 bits per heavy atom. The zero-order valence-corrected chi connectivity index (χ0v) is 19.1. The second kappa shape index (κ2) is 10.4. The predicted molar refractivity (Wildman–Crippen MR) is 128 cm³/mol. The van der Waals surface area contributed by atoms with E-state index < -0.39 is 0 Å². The second-order valence-corrected chi connectivity index (χ2v) is 8.42. The van der Waals surface area contributed by atoms with Crippen LogP contribution in [0.3, 0.4) is 0 Å². The number of hydrogen-bond donors (Lipinski definition) is 1. The number of aryl methyl sites for hydroxylation is 2. The summed E-state index contributed by atoms with van der Waals surface area (Å²) in [5.74, 6) is -0.123. The number of nitrogens with zero attached hydrogens (tertiary/aromatic N) is 1. The fourth-order valence-electron chi connectivity index (χ4n) is 3.73. The van der Waals surface area contributed by atoms with Gasteiger partial charge in [0.15, 0.2) is 5.76 Å². The highest BCUT2D eigenvalue weighted by Gasteiger charge is 2.15. The van der Waals surface area contributed by atoms with Crippen LogP contribution in [0.25, 0.3) is 0 Å². The first-order chi connectivity index (χ1) is 16.4. The Morgan fingerprint density at radius 3 is 2.29 bits per heavy atom. The van der Waals surface area contributed by atoms with Gasteiger partial charge in [-0.25, -0.2) is 8.78 Å². The molecule has 6 heteroatoms. The molecule has 4 rings (SSSR count). The molecule has 0 bridgehead atoms. The molecule has 0 atom stereocenters. The Morgan fingerprint density at radius 1 is 0.794 bits per heavy atom. The van der Waals surface area contributed by atoms with Crippen LogP contribution in [-0.4, -0.2) is 10.8 Å². The summed E-state index contributed by atoms with van der Waals surface area (Å²) in [7, 11) is 0. The van der Waals surface area contributed by atoms with E-state index in [4.69, 9.17) is 4.42 Å². The maximum Gasteiger partial charge on any atom is 0.291 e. The Bertz CT molecular complexity index is 1280. The fraction of sp³-hybridized carbons (Fsp3) is 0.179. The molecule has 0 radical (unpaired) electrons. The van der Waals surface area contributed by atoms with Gasteiger partial charge >= 0.3 is 0 Å². The molecule has 0 spiro atoms. The molecule has 174 valence electrons. The van der Waals surface area contributed by atoms with Crippen molar-refractivity contribution < 1.29 is 18.0 Å². The van der Waals surface area contributed by atoms with E-state index in [1.165, 1.54) is 24.3 Å². The molecular weight excluding hydrogens is 434 g/mol. The van der Waals surface area contributed by atoms with E-state index in [1.54, 1.807) is 30.3 Å². The Kier molecular flexibility index (Phi) is 7.18. The predicted octanol–water partition coefficient (Wildman–Crippen LogP) is 6.63. The van der Waals surface area contributed by atoms with Gasteiger partial charge in [0.05, 0.1) is 6.54 Å².